The Morgan fingerprint density at radius 2 is 1.84 bits per heavy atom. The number of hydrogen-bond acceptors (Lipinski definition) is 3. The molecular weight excluding hydrogens is 289 g/mol. The van der Waals surface area contributed by atoms with Crippen LogP contribution in [0.5, 0.6) is 5.88 Å². The van der Waals surface area contributed by atoms with Gasteiger partial charge in [0.25, 0.3) is 5.56 Å². The van der Waals surface area contributed by atoms with Gasteiger partial charge in [-0.2, -0.15) is 4.39 Å². The minimum atomic E-state index is -1.70. The Morgan fingerprint density at radius 1 is 1.21 bits per heavy atom. The van der Waals surface area contributed by atoms with Crippen LogP contribution in [0.25, 0.3) is 5.69 Å². The van der Waals surface area contributed by atoms with Crippen molar-refractivity contribution in [3.63, 3.8) is 0 Å². The van der Waals surface area contributed by atoms with Crippen molar-refractivity contribution in [3.05, 3.63) is 55.4 Å². The maximum Gasteiger partial charge on any atom is 0.336 e. The van der Waals surface area contributed by atoms with E-state index in [2.05, 4.69) is 0 Å². The summed E-state index contributed by atoms with van der Waals surface area (Å²) in [4.78, 5) is 23.9. The van der Waals surface area contributed by atoms with Gasteiger partial charge >= 0.3 is 5.69 Å². The number of aromatic nitrogens is 2. The lowest BCUT2D eigenvalue weighted by Crippen LogP contribution is -2.31. The Kier molecular flexibility index (Phi) is 3.11. The first kappa shape index (κ1) is 13.2. The van der Waals surface area contributed by atoms with Crippen LogP contribution < -0.4 is 11.2 Å². The van der Waals surface area contributed by atoms with Crippen molar-refractivity contribution < 1.29 is 18.3 Å². The van der Waals surface area contributed by atoms with Crippen LogP contribution in [-0.4, -0.2) is 14.7 Å². The van der Waals surface area contributed by atoms with E-state index >= 15 is 0 Å². The summed E-state index contributed by atoms with van der Waals surface area (Å²) in [5.74, 6) is -5.46. The number of halogens is 4. The third-order valence-corrected chi connectivity index (χ3v) is 2.52. The number of nitrogens with one attached hydrogen (secondary N) is 1. The summed E-state index contributed by atoms with van der Waals surface area (Å²) in [5.41, 5.74) is -3.57. The summed E-state index contributed by atoms with van der Waals surface area (Å²) in [6.07, 6.45) is 0. The first-order valence-electron chi connectivity index (χ1n) is 4.71. The molecule has 0 radical (unpaired) electrons. The van der Waals surface area contributed by atoms with Crippen molar-refractivity contribution in [1.82, 2.24) is 9.55 Å². The van der Waals surface area contributed by atoms with Gasteiger partial charge in [-0.3, -0.25) is 9.78 Å². The zero-order valence-electron chi connectivity index (χ0n) is 8.88. The molecule has 0 aliphatic rings. The fraction of sp³-hybridized carbons (Fsp3) is 0. The summed E-state index contributed by atoms with van der Waals surface area (Å²) in [7, 11) is 0. The van der Waals surface area contributed by atoms with E-state index in [0.717, 1.165) is 0 Å². The van der Waals surface area contributed by atoms with E-state index in [1.54, 1.807) is 0 Å². The summed E-state index contributed by atoms with van der Waals surface area (Å²) in [6, 6.07) is 1.05. The van der Waals surface area contributed by atoms with Crippen LogP contribution in [0.3, 0.4) is 0 Å². The molecule has 0 amide bonds. The van der Waals surface area contributed by atoms with Crippen molar-refractivity contribution in [2.45, 2.75) is 0 Å². The van der Waals surface area contributed by atoms with Crippen molar-refractivity contribution in [1.29, 1.82) is 0 Å². The van der Waals surface area contributed by atoms with Crippen LogP contribution >= 0.6 is 11.6 Å². The van der Waals surface area contributed by atoms with E-state index in [0.29, 0.717) is 12.1 Å². The van der Waals surface area contributed by atoms with E-state index in [4.69, 9.17) is 11.6 Å². The number of aromatic hydroxyl groups is 1. The van der Waals surface area contributed by atoms with Crippen LogP contribution in [0.4, 0.5) is 13.2 Å². The Balaban J connectivity index is 2.92. The predicted molar refractivity (Wildman–Crippen MR) is 59.2 cm³/mol. The Hall–Kier alpha value is -2.22. The second kappa shape index (κ2) is 4.47. The van der Waals surface area contributed by atoms with Crippen molar-refractivity contribution in [2.75, 3.05) is 0 Å². The van der Waals surface area contributed by atoms with Crippen LogP contribution in [0.2, 0.25) is 5.02 Å². The second-order valence-corrected chi connectivity index (χ2v) is 3.86. The van der Waals surface area contributed by atoms with Crippen molar-refractivity contribution in [3.8, 4) is 11.6 Å². The van der Waals surface area contributed by atoms with Gasteiger partial charge in [0.15, 0.2) is 5.82 Å². The van der Waals surface area contributed by atoms with Crippen molar-refractivity contribution >= 4 is 11.6 Å². The maximum absolute atomic E-state index is 13.6. The van der Waals surface area contributed by atoms with Gasteiger partial charge in [0.2, 0.25) is 11.7 Å². The standard InChI is InChI=1S/C10H4ClF3N2O3/c11-4-1-3(12)2-5(13)7(4)16-9(18)6(14)8(17)15-10(16)19/h1-2,18H,(H,15,17,19). The molecule has 5 nitrogen and oxygen atoms in total. The Morgan fingerprint density at radius 3 is 2.42 bits per heavy atom. The van der Waals surface area contributed by atoms with Gasteiger partial charge in [0, 0.05) is 6.07 Å². The molecule has 0 aliphatic heterocycles. The first-order chi connectivity index (χ1) is 8.82. The molecule has 0 aliphatic carbocycles. The normalized spacial score (nSPS) is 10.7. The molecule has 0 saturated heterocycles. The molecule has 100 valence electrons. The highest BCUT2D eigenvalue weighted by Gasteiger charge is 2.20. The maximum atomic E-state index is 13.6. The van der Waals surface area contributed by atoms with E-state index < -0.39 is 45.3 Å². The molecule has 1 heterocycles. The fourth-order valence-corrected chi connectivity index (χ4v) is 1.74. The number of H-pyrrole nitrogens is 1. The van der Waals surface area contributed by atoms with Crippen LogP contribution in [0.1, 0.15) is 0 Å². The van der Waals surface area contributed by atoms with Crippen LogP contribution in [-0.2, 0) is 0 Å². The molecule has 1 aromatic heterocycles. The van der Waals surface area contributed by atoms with Crippen LogP contribution in [0.15, 0.2) is 21.7 Å². The van der Waals surface area contributed by atoms with Gasteiger partial charge < -0.3 is 5.11 Å². The fourth-order valence-electron chi connectivity index (χ4n) is 1.46. The summed E-state index contributed by atoms with van der Waals surface area (Å²) in [5, 5.41) is 8.80. The lowest BCUT2D eigenvalue weighted by molar-refractivity contribution is 0.383. The number of rotatable bonds is 1. The van der Waals surface area contributed by atoms with E-state index in [-0.39, 0.29) is 4.57 Å². The second-order valence-electron chi connectivity index (χ2n) is 3.45. The number of nitrogens with zero attached hydrogens (tertiary/aromatic N) is 1. The molecule has 0 unspecified atom stereocenters. The quantitative estimate of drug-likeness (QED) is 0.832. The van der Waals surface area contributed by atoms with E-state index in [9.17, 15) is 27.9 Å². The van der Waals surface area contributed by atoms with Gasteiger partial charge in [-0.25, -0.2) is 18.1 Å². The SMILES string of the molecule is O=c1[nH]c(=O)n(-c2c(F)cc(F)cc2Cl)c(O)c1F. The molecule has 9 heteroatoms. The highest BCUT2D eigenvalue weighted by molar-refractivity contribution is 6.32. The molecule has 0 atom stereocenters. The highest BCUT2D eigenvalue weighted by atomic mass is 35.5. The zero-order chi connectivity index (χ0) is 14.3. The largest absolute Gasteiger partial charge is 0.492 e. The average molecular weight is 293 g/mol. The molecule has 0 bridgehead atoms. The molecule has 2 rings (SSSR count). The van der Waals surface area contributed by atoms with E-state index in [1.807, 2.05) is 0 Å². The number of hydrogen-bond donors (Lipinski definition) is 2. The molecule has 19 heavy (non-hydrogen) atoms. The summed E-state index contributed by atoms with van der Waals surface area (Å²) >= 11 is 5.54. The molecule has 1 aromatic carbocycles. The first-order valence-corrected chi connectivity index (χ1v) is 5.09. The third-order valence-electron chi connectivity index (χ3n) is 2.24. The Labute approximate surface area is 107 Å². The lowest BCUT2D eigenvalue weighted by Gasteiger charge is -2.10. The van der Waals surface area contributed by atoms with Crippen LogP contribution in [0, 0.1) is 17.5 Å². The van der Waals surface area contributed by atoms with Crippen molar-refractivity contribution in [2.24, 2.45) is 0 Å². The lowest BCUT2D eigenvalue weighted by atomic mass is 10.3. The molecule has 0 fully saturated rings. The van der Waals surface area contributed by atoms with Gasteiger partial charge in [-0.05, 0) is 6.07 Å². The molecule has 0 spiro atoms. The third kappa shape index (κ3) is 2.10. The monoisotopic (exact) mass is 292 g/mol. The average Bonchev–Trinajstić information content (AvgIpc) is 2.29. The number of aromatic amines is 1. The van der Waals surface area contributed by atoms with Gasteiger partial charge in [0.1, 0.15) is 11.5 Å². The minimum Gasteiger partial charge on any atom is -0.492 e. The summed E-state index contributed by atoms with van der Waals surface area (Å²) < 4.78 is 39.7. The van der Waals surface area contributed by atoms with E-state index in [1.165, 1.54) is 4.98 Å². The number of benzene rings is 1. The van der Waals surface area contributed by atoms with Gasteiger partial charge in [-0.1, -0.05) is 11.6 Å². The summed E-state index contributed by atoms with van der Waals surface area (Å²) in [6.45, 7) is 0. The molecule has 2 aromatic rings. The van der Waals surface area contributed by atoms with Gasteiger partial charge in [-0.15, -0.1) is 0 Å². The minimum absolute atomic E-state index is 0.0911. The van der Waals surface area contributed by atoms with Gasteiger partial charge in [0.05, 0.1) is 5.02 Å². The topological polar surface area (TPSA) is 75.1 Å². The molecule has 2 N–H and O–H groups in total. The predicted octanol–water partition coefficient (Wildman–Crippen LogP) is 1.30. The molecular formula is C10H4ClF3N2O3. The molecule has 0 saturated carbocycles. The smallest absolute Gasteiger partial charge is 0.336 e. The Bertz CT molecular complexity index is 762. The zero-order valence-corrected chi connectivity index (χ0v) is 9.63. The highest BCUT2D eigenvalue weighted by Crippen LogP contribution is 2.26.